The molecule has 0 atom stereocenters. The number of nitrogens with zero attached hydrogens (tertiary/aromatic N) is 1. The van der Waals surface area contributed by atoms with Crippen molar-refractivity contribution in [2.24, 2.45) is 0 Å². The van der Waals surface area contributed by atoms with Gasteiger partial charge in [-0.3, -0.25) is 14.9 Å². The van der Waals surface area contributed by atoms with E-state index in [2.05, 4.69) is 5.32 Å². The van der Waals surface area contributed by atoms with Crippen molar-refractivity contribution in [3.8, 4) is 0 Å². The van der Waals surface area contributed by atoms with Gasteiger partial charge in [-0.05, 0) is 25.0 Å². The van der Waals surface area contributed by atoms with E-state index in [1.54, 1.807) is 0 Å². The van der Waals surface area contributed by atoms with Crippen LogP contribution in [0.15, 0.2) is 18.2 Å². The predicted octanol–water partition coefficient (Wildman–Crippen LogP) is 1.50. The molecule has 0 bridgehead atoms. The molecule has 1 fully saturated rings. The Morgan fingerprint density at radius 3 is 2.72 bits per heavy atom. The number of halogens is 1. The van der Waals surface area contributed by atoms with Crippen molar-refractivity contribution in [1.82, 2.24) is 5.32 Å². The summed E-state index contributed by atoms with van der Waals surface area (Å²) in [6.45, 7) is -0.174. The van der Waals surface area contributed by atoms with Crippen molar-refractivity contribution in [3.05, 3.63) is 38.9 Å². The minimum atomic E-state index is -0.635. The van der Waals surface area contributed by atoms with Gasteiger partial charge in [-0.15, -0.1) is 0 Å². The molecule has 1 saturated carbocycles. The summed E-state index contributed by atoms with van der Waals surface area (Å²) in [7, 11) is 0. The van der Waals surface area contributed by atoms with E-state index in [-0.39, 0.29) is 22.9 Å². The van der Waals surface area contributed by atoms with Crippen LogP contribution in [0, 0.1) is 10.1 Å². The van der Waals surface area contributed by atoms with Crippen LogP contribution in [0.5, 0.6) is 0 Å². The maximum Gasteiger partial charge on any atom is 0.282 e. The third-order valence-electron chi connectivity index (χ3n) is 2.93. The number of hydrogen-bond donors (Lipinski definition) is 2. The van der Waals surface area contributed by atoms with E-state index < -0.39 is 16.4 Å². The Labute approximate surface area is 108 Å². The second-order valence-corrected chi connectivity index (χ2v) is 4.75. The van der Waals surface area contributed by atoms with Crippen LogP contribution in [0.1, 0.15) is 23.2 Å². The molecule has 1 aromatic carbocycles. The largest absolute Gasteiger partial charge is 0.394 e. The Balaban J connectivity index is 2.29. The highest BCUT2D eigenvalue weighted by atomic mass is 35.5. The van der Waals surface area contributed by atoms with Crippen LogP contribution in [0.25, 0.3) is 0 Å². The Bertz CT molecular complexity index is 514. The molecule has 1 amide bonds. The molecule has 1 aliphatic carbocycles. The first-order chi connectivity index (χ1) is 8.47. The SMILES string of the molecule is O=C(NC1(CO)CC1)c1cc(Cl)ccc1[N+](=O)[O-]. The topological polar surface area (TPSA) is 92.5 Å². The van der Waals surface area contributed by atoms with Gasteiger partial charge in [0.2, 0.25) is 0 Å². The lowest BCUT2D eigenvalue weighted by molar-refractivity contribution is -0.385. The fourth-order valence-electron chi connectivity index (χ4n) is 1.63. The zero-order valence-electron chi connectivity index (χ0n) is 9.35. The fraction of sp³-hybridized carbons (Fsp3) is 0.364. The van der Waals surface area contributed by atoms with Gasteiger partial charge in [0.15, 0.2) is 0 Å². The van der Waals surface area contributed by atoms with Crippen LogP contribution in [0.4, 0.5) is 5.69 Å². The first kappa shape index (κ1) is 12.8. The summed E-state index contributed by atoms with van der Waals surface area (Å²) in [5.74, 6) is -0.587. The van der Waals surface area contributed by atoms with Gasteiger partial charge >= 0.3 is 0 Å². The van der Waals surface area contributed by atoms with E-state index in [4.69, 9.17) is 16.7 Å². The number of aliphatic hydroxyl groups is 1. The number of nitro benzene ring substituents is 1. The maximum absolute atomic E-state index is 12.0. The summed E-state index contributed by atoms with van der Waals surface area (Å²) < 4.78 is 0. The zero-order valence-corrected chi connectivity index (χ0v) is 10.1. The Morgan fingerprint density at radius 1 is 1.56 bits per heavy atom. The van der Waals surface area contributed by atoms with Gasteiger partial charge in [0.25, 0.3) is 11.6 Å². The first-order valence-corrected chi connectivity index (χ1v) is 5.72. The van der Waals surface area contributed by atoms with Crippen molar-refractivity contribution in [2.45, 2.75) is 18.4 Å². The third kappa shape index (κ3) is 2.44. The fourth-order valence-corrected chi connectivity index (χ4v) is 1.80. The number of nitro groups is 1. The lowest BCUT2D eigenvalue weighted by Crippen LogP contribution is -2.39. The summed E-state index contributed by atoms with van der Waals surface area (Å²) in [4.78, 5) is 22.1. The second kappa shape index (κ2) is 4.55. The van der Waals surface area contributed by atoms with Crippen LogP contribution < -0.4 is 5.32 Å². The van der Waals surface area contributed by atoms with Crippen molar-refractivity contribution in [1.29, 1.82) is 0 Å². The third-order valence-corrected chi connectivity index (χ3v) is 3.17. The molecule has 0 spiro atoms. The van der Waals surface area contributed by atoms with E-state index in [9.17, 15) is 14.9 Å². The van der Waals surface area contributed by atoms with Gasteiger partial charge in [0.05, 0.1) is 17.1 Å². The predicted molar refractivity (Wildman–Crippen MR) is 64.6 cm³/mol. The number of nitrogens with one attached hydrogen (secondary N) is 1. The van der Waals surface area contributed by atoms with Crippen molar-refractivity contribution in [2.75, 3.05) is 6.61 Å². The Hall–Kier alpha value is -1.66. The number of hydrogen-bond acceptors (Lipinski definition) is 4. The molecule has 2 N–H and O–H groups in total. The number of carbonyl (C=O) groups is 1. The summed E-state index contributed by atoms with van der Waals surface area (Å²) in [6, 6.07) is 3.80. The molecule has 0 saturated heterocycles. The monoisotopic (exact) mass is 270 g/mol. The van der Waals surface area contributed by atoms with Crippen LogP contribution >= 0.6 is 11.6 Å². The molecule has 0 radical (unpaired) electrons. The number of aliphatic hydroxyl groups excluding tert-OH is 1. The standard InChI is InChI=1S/C11H11ClN2O4/c12-7-1-2-9(14(17)18)8(5-7)10(16)13-11(6-15)3-4-11/h1-2,5,15H,3-4,6H2,(H,13,16). The van der Waals surface area contributed by atoms with Gasteiger partial charge in [0.1, 0.15) is 5.56 Å². The highest BCUT2D eigenvalue weighted by Crippen LogP contribution is 2.35. The number of benzene rings is 1. The minimum absolute atomic E-state index is 0.0905. The van der Waals surface area contributed by atoms with E-state index in [1.807, 2.05) is 0 Å². The van der Waals surface area contributed by atoms with Gasteiger partial charge in [0, 0.05) is 11.1 Å². The van der Waals surface area contributed by atoms with Gasteiger partial charge in [-0.2, -0.15) is 0 Å². The molecule has 18 heavy (non-hydrogen) atoms. The van der Waals surface area contributed by atoms with Crippen molar-refractivity contribution < 1.29 is 14.8 Å². The molecular formula is C11H11ClN2O4. The van der Waals surface area contributed by atoms with Crippen LogP contribution in [-0.2, 0) is 0 Å². The zero-order chi connectivity index (χ0) is 13.3. The molecule has 7 heteroatoms. The summed E-state index contributed by atoms with van der Waals surface area (Å²) >= 11 is 5.73. The molecule has 2 rings (SSSR count). The molecular weight excluding hydrogens is 260 g/mol. The van der Waals surface area contributed by atoms with Crippen LogP contribution in [0.3, 0.4) is 0 Å². The van der Waals surface area contributed by atoms with Gasteiger partial charge in [-0.1, -0.05) is 11.6 Å². The second-order valence-electron chi connectivity index (χ2n) is 4.31. The summed E-state index contributed by atoms with van der Waals surface area (Å²) in [5, 5.41) is 22.8. The molecule has 1 aliphatic rings. The smallest absolute Gasteiger partial charge is 0.282 e. The Morgan fingerprint density at radius 2 is 2.22 bits per heavy atom. The average molecular weight is 271 g/mol. The van der Waals surface area contributed by atoms with E-state index in [1.165, 1.54) is 18.2 Å². The normalized spacial score (nSPS) is 16.1. The lowest BCUT2D eigenvalue weighted by Gasteiger charge is -2.14. The van der Waals surface area contributed by atoms with Crippen molar-refractivity contribution >= 4 is 23.2 Å². The highest BCUT2D eigenvalue weighted by molar-refractivity contribution is 6.31. The molecule has 0 heterocycles. The van der Waals surface area contributed by atoms with Gasteiger partial charge in [-0.25, -0.2) is 0 Å². The quantitative estimate of drug-likeness (QED) is 0.640. The molecule has 6 nitrogen and oxygen atoms in total. The van der Waals surface area contributed by atoms with Crippen molar-refractivity contribution in [3.63, 3.8) is 0 Å². The summed E-state index contributed by atoms with van der Waals surface area (Å²) in [6.07, 6.45) is 1.34. The van der Waals surface area contributed by atoms with E-state index in [0.717, 1.165) is 0 Å². The molecule has 0 aromatic heterocycles. The lowest BCUT2D eigenvalue weighted by atomic mass is 10.1. The number of rotatable bonds is 4. The van der Waals surface area contributed by atoms with Crippen LogP contribution in [-0.4, -0.2) is 28.1 Å². The molecule has 0 unspecified atom stereocenters. The van der Waals surface area contributed by atoms with Crippen LogP contribution in [0.2, 0.25) is 5.02 Å². The van der Waals surface area contributed by atoms with E-state index in [0.29, 0.717) is 12.8 Å². The van der Waals surface area contributed by atoms with Gasteiger partial charge < -0.3 is 10.4 Å². The molecule has 0 aliphatic heterocycles. The molecule has 1 aromatic rings. The highest BCUT2D eigenvalue weighted by Gasteiger charge is 2.44. The Kier molecular flexibility index (Phi) is 3.23. The van der Waals surface area contributed by atoms with E-state index >= 15 is 0 Å². The maximum atomic E-state index is 12.0. The first-order valence-electron chi connectivity index (χ1n) is 5.35. The number of amides is 1. The summed E-state index contributed by atoms with van der Waals surface area (Å²) in [5.41, 5.74) is -1.01. The average Bonchev–Trinajstić information content (AvgIpc) is 3.09. The minimum Gasteiger partial charge on any atom is -0.394 e. The number of carbonyl (C=O) groups excluding carboxylic acids is 1. The molecule has 96 valence electrons.